The third-order valence-corrected chi connectivity index (χ3v) is 2.38. The average Bonchev–Trinajstić information content (AvgIpc) is 2.28. The van der Waals surface area contributed by atoms with Crippen molar-refractivity contribution in [1.29, 1.82) is 0 Å². The van der Waals surface area contributed by atoms with E-state index >= 15 is 0 Å². The summed E-state index contributed by atoms with van der Waals surface area (Å²) >= 11 is 0. The number of nitrogens with one attached hydrogen (secondary N) is 1. The van der Waals surface area contributed by atoms with Gasteiger partial charge in [0.2, 0.25) is 0 Å². The van der Waals surface area contributed by atoms with Crippen LogP contribution < -0.4 is 11.1 Å². The van der Waals surface area contributed by atoms with Gasteiger partial charge in [0.15, 0.2) is 0 Å². The summed E-state index contributed by atoms with van der Waals surface area (Å²) in [5.41, 5.74) is 5.77. The third-order valence-electron chi connectivity index (χ3n) is 2.38. The summed E-state index contributed by atoms with van der Waals surface area (Å²) in [6, 6.07) is 0.494. The zero-order valence-electron chi connectivity index (χ0n) is 10.8. The molecule has 1 aliphatic rings. The molecule has 2 nitrogen and oxygen atoms in total. The Morgan fingerprint density at radius 3 is 1.79 bits per heavy atom. The zero-order chi connectivity index (χ0) is 11.4. The lowest BCUT2D eigenvalue weighted by atomic mass is 9.86. The van der Waals surface area contributed by atoms with E-state index in [9.17, 15) is 0 Å². The van der Waals surface area contributed by atoms with Gasteiger partial charge in [-0.3, -0.25) is 0 Å². The molecule has 1 saturated carbocycles. The highest BCUT2D eigenvalue weighted by molar-refractivity contribution is 4.74. The Morgan fingerprint density at radius 2 is 1.43 bits per heavy atom. The smallest absolute Gasteiger partial charge is 0.00390 e. The van der Waals surface area contributed by atoms with Crippen molar-refractivity contribution in [3.8, 4) is 0 Å². The maximum absolute atomic E-state index is 5.77. The highest BCUT2D eigenvalue weighted by Crippen LogP contribution is 2.21. The van der Waals surface area contributed by atoms with Crippen LogP contribution in [0.3, 0.4) is 0 Å². The van der Waals surface area contributed by atoms with Crippen molar-refractivity contribution < 1.29 is 0 Å². The third kappa shape index (κ3) is 8.52. The summed E-state index contributed by atoms with van der Waals surface area (Å²) in [4.78, 5) is 0. The lowest BCUT2D eigenvalue weighted by molar-refractivity contribution is 0.320. The largest absolute Gasteiger partial charge is 0.328 e. The van der Waals surface area contributed by atoms with Crippen LogP contribution in [-0.2, 0) is 0 Å². The first kappa shape index (κ1) is 16.4. The first-order chi connectivity index (χ1) is 6.83. The van der Waals surface area contributed by atoms with Crippen molar-refractivity contribution >= 4 is 0 Å². The van der Waals surface area contributed by atoms with Gasteiger partial charge in [0.1, 0.15) is 0 Å². The van der Waals surface area contributed by atoms with Crippen LogP contribution >= 0.6 is 0 Å². The highest BCUT2D eigenvalue weighted by Gasteiger charge is 2.16. The Morgan fingerprint density at radius 1 is 1.00 bits per heavy atom. The summed E-state index contributed by atoms with van der Waals surface area (Å²) in [6.45, 7) is 9.17. The topological polar surface area (TPSA) is 38.0 Å². The minimum absolute atomic E-state index is 0.494. The van der Waals surface area contributed by atoms with Crippen molar-refractivity contribution in [1.82, 2.24) is 5.32 Å². The molecule has 0 saturated heterocycles. The molecule has 3 N–H and O–H groups in total. The lowest BCUT2D eigenvalue weighted by Gasteiger charge is -2.25. The first-order valence-corrected chi connectivity index (χ1v) is 6.23. The number of nitrogens with two attached hydrogens (primary N) is 1. The quantitative estimate of drug-likeness (QED) is 0.722. The van der Waals surface area contributed by atoms with Gasteiger partial charge in [-0.05, 0) is 45.2 Å². The molecule has 0 aromatic heterocycles. The van der Waals surface area contributed by atoms with Crippen molar-refractivity contribution in [2.24, 2.45) is 11.7 Å². The lowest BCUT2D eigenvalue weighted by Crippen LogP contribution is -2.30. The molecule has 14 heavy (non-hydrogen) atoms. The van der Waals surface area contributed by atoms with Gasteiger partial charge in [0.25, 0.3) is 0 Å². The fraction of sp³-hybridized carbons (Fsp3) is 1.00. The second-order valence-corrected chi connectivity index (χ2v) is 3.34. The molecule has 1 fully saturated rings. The number of hydrogen-bond donors (Lipinski definition) is 2. The SMILES string of the molecule is CC.CC.CNCC1CCC(N)CC1. The van der Waals surface area contributed by atoms with E-state index in [-0.39, 0.29) is 0 Å². The minimum Gasteiger partial charge on any atom is -0.328 e. The zero-order valence-corrected chi connectivity index (χ0v) is 10.8. The molecule has 0 amide bonds. The maximum Gasteiger partial charge on any atom is 0.00390 e. The molecular formula is C12H30N2. The van der Waals surface area contributed by atoms with Crippen LogP contribution in [-0.4, -0.2) is 19.6 Å². The molecule has 0 heterocycles. The van der Waals surface area contributed by atoms with Crippen LogP contribution in [0.15, 0.2) is 0 Å². The van der Waals surface area contributed by atoms with E-state index in [1.807, 2.05) is 34.7 Å². The molecule has 0 unspecified atom stereocenters. The van der Waals surface area contributed by atoms with Crippen LogP contribution in [0.1, 0.15) is 53.4 Å². The molecule has 0 spiro atoms. The van der Waals surface area contributed by atoms with E-state index in [0.717, 1.165) is 5.92 Å². The van der Waals surface area contributed by atoms with Crippen molar-refractivity contribution in [3.05, 3.63) is 0 Å². The van der Waals surface area contributed by atoms with Crippen LogP contribution in [0.4, 0.5) is 0 Å². The average molecular weight is 202 g/mol. The Balaban J connectivity index is 0. The predicted molar refractivity (Wildman–Crippen MR) is 66.6 cm³/mol. The maximum atomic E-state index is 5.77. The highest BCUT2D eigenvalue weighted by atomic mass is 14.8. The fourth-order valence-corrected chi connectivity index (χ4v) is 1.68. The van der Waals surface area contributed by atoms with Gasteiger partial charge >= 0.3 is 0 Å². The van der Waals surface area contributed by atoms with Crippen LogP contribution in [0.25, 0.3) is 0 Å². The molecule has 0 aromatic carbocycles. The molecule has 1 aliphatic carbocycles. The summed E-state index contributed by atoms with van der Waals surface area (Å²) in [7, 11) is 2.02. The molecule has 0 aromatic rings. The standard InChI is InChI=1S/C8H18N2.2C2H6/c1-10-6-7-2-4-8(9)5-3-7;2*1-2/h7-8,10H,2-6,9H2,1H3;2*1-2H3. The second-order valence-electron chi connectivity index (χ2n) is 3.34. The van der Waals surface area contributed by atoms with Crippen LogP contribution in [0.5, 0.6) is 0 Å². The monoisotopic (exact) mass is 202 g/mol. The van der Waals surface area contributed by atoms with Crippen LogP contribution in [0, 0.1) is 5.92 Å². The summed E-state index contributed by atoms with van der Waals surface area (Å²) in [6.07, 6.45) is 5.10. The van der Waals surface area contributed by atoms with Crippen LogP contribution in [0.2, 0.25) is 0 Å². The van der Waals surface area contributed by atoms with Gasteiger partial charge in [-0.2, -0.15) is 0 Å². The van der Waals surface area contributed by atoms with E-state index < -0.39 is 0 Å². The van der Waals surface area contributed by atoms with E-state index in [0.29, 0.717) is 6.04 Å². The van der Waals surface area contributed by atoms with Gasteiger partial charge in [-0.15, -0.1) is 0 Å². The Labute approximate surface area is 90.6 Å². The summed E-state index contributed by atoms with van der Waals surface area (Å²) < 4.78 is 0. The predicted octanol–water partition coefficient (Wildman–Crippen LogP) is 2.78. The minimum atomic E-state index is 0.494. The van der Waals surface area contributed by atoms with E-state index in [4.69, 9.17) is 5.73 Å². The molecule has 2 heteroatoms. The van der Waals surface area contributed by atoms with Gasteiger partial charge in [0.05, 0.1) is 0 Å². The number of hydrogen-bond acceptors (Lipinski definition) is 2. The number of rotatable bonds is 2. The van der Waals surface area contributed by atoms with E-state index in [1.165, 1.54) is 32.2 Å². The fourth-order valence-electron chi connectivity index (χ4n) is 1.68. The first-order valence-electron chi connectivity index (χ1n) is 6.23. The van der Waals surface area contributed by atoms with E-state index in [1.54, 1.807) is 0 Å². The van der Waals surface area contributed by atoms with Gasteiger partial charge in [-0.1, -0.05) is 27.7 Å². The molecule has 0 bridgehead atoms. The Bertz CT molecular complexity index is 86.3. The van der Waals surface area contributed by atoms with Crippen molar-refractivity contribution in [2.45, 2.75) is 59.4 Å². The molecule has 0 aliphatic heterocycles. The van der Waals surface area contributed by atoms with Gasteiger partial charge < -0.3 is 11.1 Å². The van der Waals surface area contributed by atoms with Crippen molar-refractivity contribution in [3.63, 3.8) is 0 Å². The molecular weight excluding hydrogens is 172 g/mol. The molecule has 0 radical (unpaired) electrons. The van der Waals surface area contributed by atoms with E-state index in [2.05, 4.69) is 5.32 Å². The Kier molecular flexibility index (Phi) is 15.1. The normalized spacial score (nSPS) is 25.3. The summed E-state index contributed by atoms with van der Waals surface area (Å²) in [5.74, 6) is 0.893. The second kappa shape index (κ2) is 12.9. The van der Waals surface area contributed by atoms with Gasteiger partial charge in [-0.25, -0.2) is 0 Å². The molecule has 1 rings (SSSR count). The summed E-state index contributed by atoms with van der Waals surface area (Å²) in [5, 5.41) is 3.21. The molecule has 88 valence electrons. The van der Waals surface area contributed by atoms with Gasteiger partial charge in [0, 0.05) is 6.04 Å². The van der Waals surface area contributed by atoms with Crippen molar-refractivity contribution in [2.75, 3.05) is 13.6 Å². The molecule has 0 atom stereocenters. The Hall–Kier alpha value is -0.0800.